The van der Waals surface area contributed by atoms with Crippen LogP contribution in [-0.2, 0) is 29.2 Å². The minimum absolute atomic E-state index is 0.0445. The second kappa shape index (κ2) is 8.88. The molecule has 2 aromatic heterocycles. The van der Waals surface area contributed by atoms with Crippen molar-refractivity contribution in [1.29, 1.82) is 0 Å². The van der Waals surface area contributed by atoms with E-state index in [9.17, 15) is 4.79 Å². The Hall–Kier alpha value is -3.18. The van der Waals surface area contributed by atoms with E-state index in [1.807, 2.05) is 30.3 Å². The SMILES string of the molecule is CN(Cc1nc(-c2ccccc2)no1)C(=O)Cn1nnnc1CN1CCOCC1. The largest absolute Gasteiger partial charge is 0.379 e. The second-order valence-electron chi connectivity index (χ2n) is 6.77. The molecule has 1 amide bonds. The number of tetrazole rings is 1. The van der Waals surface area contributed by atoms with E-state index in [0.717, 1.165) is 18.7 Å². The average molecular weight is 398 g/mol. The van der Waals surface area contributed by atoms with Crippen LogP contribution >= 0.6 is 0 Å². The van der Waals surface area contributed by atoms with Crippen molar-refractivity contribution in [2.24, 2.45) is 0 Å². The van der Waals surface area contributed by atoms with E-state index in [1.165, 1.54) is 9.58 Å². The van der Waals surface area contributed by atoms with E-state index >= 15 is 0 Å². The summed E-state index contributed by atoms with van der Waals surface area (Å²) in [4.78, 5) is 20.7. The van der Waals surface area contributed by atoms with Gasteiger partial charge in [-0.25, -0.2) is 4.68 Å². The topological polar surface area (TPSA) is 115 Å². The van der Waals surface area contributed by atoms with Gasteiger partial charge >= 0.3 is 0 Å². The molecule has 4 rings (SSSR count). The van der Waals surface area contributed by atoms with Crippen LogP contribution in [0.25, 0.3) is 11.4 Å². The molecule has 0 spiro atoms. The monoisotopic (exact) mass is 398 g/mol. The first-order chi connectivity index (χ1) is 14.2. The fourth-order valence-corrected chi connectivity index (χ4v) is 2.98. The highest BCUT2D eigenvalue weighted by Gasteiger charge is 2.19. The molecule has 0 atom stereocenters. The Bertz CT molecular complexity index is 936. The Labute approximate surface area is 167 Å². The Morgan fingerprint density at radius 1 is 1.21 bits per heavy atom. The molecule has 0 radical (unpaired) electrons. The molecule has 11 nitrogen and oxygen atoms in total. The third-order valence-electron chi connectivity index (χ3n) is 4.66. The summed E-state index contributed by atoms with van der Waals surface area (Å²) in [5.41, 5.74) is 0.859. The zero-order valence-electron chi connectivity index (χ0n) is 16.1. The van der Waals surface area contributed by atoms with Gasteiger partial charge in [0.25, 0.3) is 0 Å². The maximum Gasteiger partial charge on any atom is 0.246 e. The highest BCUT2D eigenvalue weighted by Crippen LogP contribution is 2.15. The van der Waals surface area contributed by atoms with Crippen molar-refractivity contribution < 1.29 is 14.1 Å². The van der Waals surface area contributed by atoms with Gasteiger partial charge in [0.1, 0.15) is 6.54 Å². The molecular weight excluding hydrogens is 376 g/mol. The van der Waals surface area contributed by atoms with Gasteiger partial charge in [0, 0.05) is 25.7 Å². The number of ether oxygens (including phenoxy) is 1. The maximum absolute atomic E-state index is 12.6. The number of hydrogen-bond acceptors (Lipinski definition) is 9. The standard InChI is InChI=1S/C18H22N8O3/c1-24(12-16-19-18(21-29-16)14-5-3-2-4-6-14)17(27)13-26-15(20-22-23-26)11-25-7-9-28-10-8-25/h2-6H,7-13H2,1H3. The van der Waals surface area contributed by atoms with Crippen LogP contribution in [0.5, 0.6) is 0 Å². The maximum atomic E-state index is 12.6. The van der Waals surface area contributed by atoms with E-state index in [0.29, 0.717) is 37.3 Å². The lowest BCUT2D eigenvalue weighted by molar-refractivity contribution is -0.131. The molecule has 1 aliphatic heterocycles. The number of rotatable bonds is 7. The van der Waals surface area contributed by atoms with Gasteiger partial charge in [-0.2, -0.15) is 4.98 Å². The number of aromatic nitrogens is 6. The van der Waals surface area contributed by atoms with Gasteiger partial charge in [-0.15, -0.1) is 5.10 Å². The van der Waals surface area contributed by atoms with Gasteiger partial charge in [-0.1, -0.05) is 35.5 Å². The van der Waals surface area contributed by atoms with Gasteiger partial charge < -0.3 is 14.2 Å². The minimum Gasteiger partial charge on any atom is -0.379 e. The van der Waals surface area contributed by atoms with Crippen molar-refractivity contribution >= 4 is 5.91 Å². The molecule has 1 fully saturated rings. The summed E-state index contributed by atoms with van der Waals surface area (Å²) >= 11 is 0. The average Bonchev–Trinajstić information content (AvgIpc) is 3.39. The van der Waals surface area contributed by atoms with Crippen molar-refractivity contribution in [2.75, 3.05) is 33.4 Å². The lowest BCUT2D eigenvalue weighted by atomic mass is 10.2. The van der Waals surface area contributed by atoms with Crippen LogP contribution in [-0.4, -0.2) is 79.4 Å². The molecule has 1 aliphatic rings. The molecule has 0 N–H and O–H groups in total. The Balaban J connectivity index is 1.34. The van der Waals surface area contributed by atoms with Gasteiger partial charge in [0.2, 0.25) is 17.6 Å². The zero-order valence-corrected chi connectivity index (χ0v) is 16.1. The van der Waals surface area contributed by atoms with Crippen molar-refractivity contribution in [3.63, 3.8) is 0 Å². The number of amides is 1. The molecule has 152 valence electrons. The molecule has 0 aliphatic carbocycles. The fourth-order valence-electron chi connectivity index (χ4n) is 2.98. The number of hydrogen-bond donors (Lipinski definition) is 0. The third-order valence-corrected chi connectivity index (χ3v) is 4.66. The second-order valence-corrected chi connectivity index (χ2v) is 6.77. The smallest absolute Gasteiger partial charge is 0.246 e. The molecular formula is C18H22N8O3. The van der Waals surface area contributed by atoms with Crippen LogP contribution in [0.3, 0.4) is 0 Å². The van der Waals surface area contributed by atoms with Crippen LogP contribution in [0.4, 0.5) is 0 Å². The first kappa shape index (κ1) is 19.2. The summed E-state index contributed by atoms with van der Waals surface area (Å²) in [7, 11) is 1.68. The van der Waals surface area contributed by atoms with Crippen LogP contribution in [0.15, 0.2) is 34.9 Å². The van der Waals surface area contributed by atoms with Gasteiger partial charge in [-0.05, 0) is 10.4 Å². The Kier molecular flexibility index (Phi) is 5.86. The van der Waals surface area contributed by atoms with Crippen molar-refractivity contribution in [3.05, 3.63) is 42.0 Å². The number of morpholine rings is 1. The molecule has 3 heterocycles. The number of nitrogens with zero attached hydrogens (tertiary/aromatic N) is 8. The van der Waals surface area contributed by atoms with E-state index < -0.39 is 0 Å². The summed E-state index contributed by atoms with van der Waals surface area (Å²) in [5, 5.41) is 15.7. The Morgan fingerprint density at radius 3 is 2.79 bits per heavy atom. The molecule has 0 saturated carbocycles. The highest BCUT2D eigenvalue weighted by atomic mass is 16.5. The number of carbonyl (C=O) groups excluding carboxylic acids is 1. The van der Waals surface area contributed by atoms with Crippen LogP contribution in [0.2, 0.25) is 0 Å². The van der Waals surface area contributed by atoms with Gasteiger partial charge in [0.15, 0.2) is 5.82 Å². The number of likely N-dealkylation sites (N-methyl/N-ethyl adjacent to an activating group) is 1. The first-order valence-corrected chi connectivity index (χ1v) is 9.36. The molecule has 1 saturated heterocycles. The summed E-state index contributed by atoms with van der Waals surface area (Å²) in [6.07, 6.45) is 0. The predicted molar refractivity (Wildman–Crippen MR) is 100 cm³/mol. The van der Waals surface area contributed by atoms with Gasteiger partial charge in [0.05, 0.1) is 26.3 Å². The number of carbonyl (C=O) groups is 1. The van der Waals surface area contributed by atoms with E-state index in [1.54, 1.807) is 7.05 Å². The summed E-state index contributed by atoms with van der Waals surface area (Å²) in [5.74, 6) is 1.36. The number of benzene rings is 1. The lowest BCUT2D eigenvalue weighted by Gasteiger charge is -2.25. The quantitative estimate of drug-likeness (QED) is 0.551. The minimum atomic E-state index is -0.153. The molecule has 1 aromatic carbocycles. The van der Waals surface area contributed by atoms with E-state index in [-0.39, 0.29) is 19.0 Å². The summed E-state index contributed by atoms with van der Waals surface area (Å²) in [6, 6.07) is 9.53. The molecule has 0 bridgehead atoms. The molecule has 3 aromatic rings. The zero-order chi connectivity index (χ0) is 20.1. The third kappa shape index (κ3) is 4.81. The predicted octanol–water partition coefficient (Wildman–Crippen LogP) is 0.214. The van der Waals surface area contributed by atoms with Crippen molar-refractivity contribution in [2.45, 2.75) is 19.6 Å². The highest BCUT2D eigenvalue weighted by molar-refractivity contribution is 5.75. The van der Waals surface area contributed by atoms with E-state index in [4.69, 9.17) is 9.26 Å². The van der Waals surface area contributed by atoms with Crippen LogP contribution < -0.4 is 0 Å². The summed E-state index contributed by atoms with van der Waals surface area (Å²) < 4.78 is 12.2. The lowest BCUT2D eigenvalue weighted by Crippen LogP contribution is -2.37. The summed E-state index contributed by atoms with van der Waals surface area (Å²) in [6.45, 7) is 3.86. The Morgan fingerprint density at radius 2 is 2.00 bits per heavy atom. The molecule has 0 unspecified atom stereocenters. The van der Waals surface area contributed by atoms with Gasteiger partial charge in [-0.3, -0.25) is 9.69 Å². The fraction of sp³-hybridized carbons (Fsp3) is 0.444. The normalized spacial score (nSPS) is 14.8. The van der Waals surface area contributed by atoms with E-state index in [2.05, 4.69) is 30.6 Å². The van der Waals surface area contributed by atoms with Crippen molar-refractivity contribution in [3.8, 4) is 11.4 Å². The van der Waals surface area contributed by atoms with Crippen LogP contribution in [0, 0.1) is 0 Å². The van der Waals surface area contributed by atoms with Crippen molar-refractivity contribution in [1.82, 2.24) is 40.1 Å². The first-order valence-electron chi connectivity index (χ1n) is 9.36. The van der Waals surface area contributed by atoms with Crippen LogP contribution in [0.1, 0.15) is 11.7 Å². The molecule has 11 heteroatoms. The molecule has 29 heavy (non-hydrogen) atoms.